The molecular weight excluding hydrogens is 321 g/mol. The lowest BCUT2D eigenvalue weighted by atomic mass is 10.1. The molecule has 0 fully saturated rings. The second kappa shape index (κ2) is 5.61. The van der Waals surface area contributed by atoms with Crippen LogP contribution in [0, 0.1) is 0 Å². The van der Waals surface area contributed by atoms with Crippen LogP contribution in [-0.2, 0) is 12.7 Å². The molecule has 1 N–H and O–H groups in total. The van der Waals surface area contributed by atoms with Crippen molar-refractivity contribution in [3.05, 3.63) is 58.3 Å². The van der Waals surface area contributed by atoms with Crippen molar-refractivity contribution in [2.24, 2.45) is 0 Å². The largest absolute Gasteiger partial charge is 0.416 e. The fraction of sp³-hybridized carbons (Fsp3) is 0.154. The van der Waals surface area contributed by atoms with Crippen LogP contribution >= 0.6 is 15.9 Å². The van der Waals surface area contributed by atoms with E-state index in [2.05, 4.69) is 26.2 Å². The van der Waals surface area contributed by atoms with E-state index >= 15 is 0 Å². The van der Waals surface area contributed by atoms with E-state index in [1.807, 2.05) is 0 Å². The molecule has 0 unspecified atom stereocenters. The van der Waals surface area contributed by atoms with Crippen LogP contribution in [0.3, 0.4) is 0 Å². The van der Waals surface area contributed by atoms with Gasteiger partial charge in [0.2, 0.25) is 0 Å². The van der Waals surface area contributed by atoms with Crippen LogP contribution in [0.5, 0.6) is 0 Å². The number of hydrogen-bond donors (Lipinski definition) is 1. The third-order valence-electron chi connectivity index (χ3n) is 2.51. The van der Waals surface area contributed by atoms with Crippen molar-refractivity contribution in [3.63, 3.8) is 0 Å². The molecule has 0 bridgehead atoms. The Morgan fingerprint density at radius 1 is 1.21 bits per heavy atom. The average molecular weight is 331 g/mol. The number of nitrogens with zero attached hydrogens (tertiary/aromatic N) is 1. The summed E-state index contributed by atoms with van der Waals surface area (Å²) in [7, 11) is 0. The lowest BCUT2D eigenvalue weighted by Crippen LogP contribution is -2.07. The minimum absolute atomic E-state index is 0.312. The van der Waals surface area contributed by atoms with E-state index in [4.69, 9.17) is 0 Å². The van der Waals surface area contributed by atoms with E-state index in [-0.39, 0.29) is 0 Å². The zero-order valence-electron chi connectivity index (χ0n) is 9.71. The van der Waals surface area contributed by atoms with Gasteiger partial charge in [0.15, 0.2) is 0 Å². The van der Waals surface area contributed by atoms with Gasteiger partial charge in [-0.2, -0.15) is 13.2 Å². The summed E-state index contributed by atoms with van der Waals surface area (Å²) in [5, 5.41) is 3.05. The number of aromatic nitrogens is 1. The number of hydrogen-bond acceptors (Lipinski definition) is 2. The highest BCUT2D eigenvalue weighted by Crippen LogP contribution is 2.29. The van der Waals surface area contributed by atoms with Crippen LogP contribution in [0.1, 0.15) is 11.1 Å². The van der Waals surface area contributed by atoms with Crippen LogP contribution in [0.2, 0.25) is 0 Å². The molecule has 19 heavy (non-hydrogen) atoms. The first-order valence-electron chi connectivity index (χ1n) is 5.46. The number of anilines is 1. The standard InChI is InChI=1S/C13H10BrF3N2/c14-11-8-18-5-4-12(11)19-7-9-2-1-3-10(6-9)13(15,16)17/h1-6,8H,7H2,(H,18,19). The highest BCUT2D eigenvalue weighted by molar-refractivity contribution is 9.10. The van der Waals surface area contributed by atoms with Gasteiger partial charge in [-0.15, -0.1) is 0 Å². The van der Waals surface area contributed by atoms with E-state index in [1.165, 1.54) is 6.07 Å². The number of pyridine rings is 1. The molecule has 0 aliphatic heterocycles. The molecule has 0 atom stereocenters. The van der Waals surface area contributed by atoms with Gasteiger partial charge in [0.1, 0.15) is 0 Å². The van der Waals surface area contributed by atoms with Gasteiger partial charge in [0.25, 0.3) is 0 Å². The number of alkyl halides is 3. The molecule has 0 aliphatic carbocycles. The van der Waals surface area contributed by atoms with Crippen LogP contribution in [-0.4, -0.2) is 4.98 Å². The quantitative estimate of drug-likeness (QED) is 0.897. The fourth-order valence-corrected chi connectivity index (χ4v) is 1.96. The lowest BCUT2D eigenvalue weighted by molar-refractivity contribution is -0.137. The minimum Gasteiger partial charge on any atom is -0.380 e. The second-order valence-corrected chi connectivity index (χ2v) is 4.76. The van der Waals surface area contributed by atoms with Gasteiger partial charge in [0, 0.05) is 18.9 Å². The van der Waals surface area contributed by atoms with Crippen molar-refractivity contribution < 1.29 is 13.2 Å². The normalized spacial score (nSPS) is 11.4. The molecule has 2 nitrogen and oxygen atoms in total. The third-order valence-corrected chi connectivity index (χ3v) is 3.14. The minimum atomic E-state index is -4.31. The first-order valence-corrected chi connectivity index (χ1v) is 6.25. The Kier molecular flexibility index (Phi) is 4.09. The summed E-state index contributed by atoms with van der Waals surface area (Å²) in [5.41, 5.74) is 0.714. The van der Waals surface area contributed by atoms with Gasteiger partial charge in [-0.25, -0.2) is 0 Å². The molecule has 0 amide bonds. The first kappa shape index (κ1) is 13.9. The molecule has 1 aromatic heterocycles. The molecule has 0 spiro atoms. The first-order chi connectivity index (χ1) is 8.97. The molecule has 100 valence electrons. The maximum Gasteiger partial charge on any atom is 0.416 e. The molecule has 2 aromatic rings. The van der Waals surface area contributed by atoms with Gasteiger partial charge < -0.3 is 5.32 Å². The van der Waals surface area contributed by atoms with Crippen LogP contribution in [0.15, 0.2) is 47.2 Å². The number of nitrogens with one attached hydrogen (secondary N) is 1. The molecule has 1 aromatic carbocycles. The van der Waals surface area contributed by atoms with Crippen LogP contribution < -0.4 is 5.32 Å². The van der Waals surface area contributed by atoms with E-state index in [0.717, 1.165) is 22.3 Å². The van der Waals surface area contributed by atoms with Crippen molar-refractivity contribution in [3.8, 4) is 0 Å². The summed E-state index contributed by atoms with van der Waals surface area (Å²) in [6.07, 6.45) is -1.08. The predicted molar refractivity (Wildman–Crippen MR) is 70.7 cm³/mol. The van der Waals surface area contributed by atoms with Crippen LogP contribution in [0.25, 0.3) is 0 Å². The maximum atomic E-state index is 12.6. The Bertz CT molecular complexity index is 570. The van der Waals surface area contributed by atoms with E-state index < -0.39 is 11.7 Å². The Hall–Kier alpha value is -1.56. The molecule has 6 heteroatoms. The Labute approximate surface area is 116 Å². The summed E-state index contributed by atoms with van der Waals surface area (Å²) in [6, 6.07) is 7.00. The molecular formula is C13H10BrF3N2. The fourth-order valence-electron chi connectivity index (χ4n) is 1.57. The van der Waals surface area contributed by atoms with Crippen molar-refractivity contribution in [1.82, 2.24) is 4.98 Å². The number of halogens is 4. The number of benzene rings is 1. The van der Waals surface area contributed by atoms with Gasteiger partial charge in [-0.3, -0.25) is 4.98 Å². The van der Waals surface area contributed by atoms with Gasteiger partial charge >= 0.3 is 6.18 Å². The SMILES string of the molecule is FC(F)(F)c1cccc(CNc2ccncc2Br)c1. The zero-order valence-corrected chi connectivity index (χ0v) is 11.3. The Balaban J connectivity index is 2.10. The summed E-state index contributed by atoms with van der Waals surface area (Å²) in [5.74, 6) is 0. The molecule has 0 aliphatic rings. The molecule has 0 saturated heterocycles. The van der Waals surface area contributed by atoms with Gasteiger partial charge in [-0.05, 0) is 39.7 Å². The van der Waals surface area contributed by atoms with E-state index in [0.29, 0.717) is 12.1 Å². The van der Waals surface area contributed by atoms with Crippen molar-refractivity contribution >= 4 is 21.6 Å². The van der Waals surface area contributed by atoms with Crippen molar-refractivity contribution in [2.75, 3.05) is 5.32 Å². The second-order valence-electron chi connectivity index (χ2n) is 3.91. The highest BCUT2D eigenvalue weighted by atomic mass is 79.9. The molecule has 2 rings (SSSR count). The summed E-state index contributed by atoms with van der Waals surface area (Å²) < 4.78 is 38.4. The number of rotatable bonds is 3. The predicted octanol–water partition coefficient (Wildman–Crippen LogP) is 4.48. The third kappa shape index (κ3) is 3.70. The van der Waals surface area contributed by atoms with E-state index in [1.54, 1.807) is 24.5 Å². The highest BCUT2D eigenvalue weighted by Gasteiger charge is 2.30. The van der Waals surface area contributed by atoms with Crippen molar-refractivity contribution in [2.45, 2.75) is 12.7 Å². The molecule has 1 heterocycles. The lowest BCUT2D eigenvalue weighted by Gasteiger charge is -2.11. The van der Waals surface area contributed by atoms with Crippen molar-refractivity contribution in [1.29, 1.82) is 0 Å². The Morgan fingerprint density at radius 2 is 2.00 bits per heavy atom. The molecule has 0 saturated carbocycles. The maximum absolute atomic E-state index is 12.6. The average Bonchev–Trinajstić information content (AvgIpc) is 2.37. The van der Waals surface area contributed by atoms with E-state index in [9.17, 15) is 13.2 Å². The Morgan fingerprint density at radius 3 is 2.68 bits per heavy atom. The molecule has 0 radical (unpaired) electrons. The van der Waals surface area contributed by atoms with Crippen LogP contribution in [0.4, 0.5) is 18.9 Å². The summed E-state index contributed by atoms with van der Waals surface area (Å²) in [4.78, 5) is 3.91. The summed E-state index contributed by atoms with van der Waals surface area (Å²) >= 11 is 3.31. The topological polar surface area (TPSA) is 24.9 Å². The van der Waals surface area contributed by atoms with Gasteiger partial charge in [0.05, 0.1) is 15.7 Å². The van der Waals surface area contributed by atoms with Gasteiger partial charge in [-0.1, -0.05) is 12.1 Å². The summed E-state index contributed by atoms with van der Waals surface area (Å²) in [6.45, 7) is 0.312. The monoisotopic (exact) mass is 330 g/mol. The smallest absolute Gasteiger partial charge is 0.380 e. The zero-order chi connectivity index (χ0) is 13.9.